The maximum atomic E-state index is 6.07. The molecule has 0 fully saturated rings. The van der Waals surface area contributed by atoms with Crippen LogP contribution in [0.1, 0.15) is 30.4 Å². The van der Waals surface area contributed by atoms with Gasteiger partial charge in [0.1, 0.15) is 0 Å². The largest absolute Gasteiger partial charge is 0.0827 e. The molecule has 2 rings (SSSR count). The summed E-state index contributed by atoms with van der Waals surface area (Å²) in [6.45, 7) is 2.18. The van der Waals surface area contributed by atoms with Crippen molar-refractivity contribution in [2.24, 2.45) is 0 Å². The standard InChI is InChI=1S/C15H14Cl2/c1-2-13(11-6-4-3-5-7-11)12-8-9-14(16)15(17)10-12/h3-10,13H,2H2,1H3/t13-/m1/s1. The van der Waals surface area contributed by atoms with Crippen molar-refractivity contribution in [2.75, 3.05) is 0 Å². The van der Waals surface area contributed by atoms with Gasteiger partial charge >= 0.3 is 0 Å². The maximum Gasteiger partial charge on any atom is 0.0595 e. The van der Waals surface area contributed by atoms with Crippen LogP contribution in [0.2, 0.25) is 10.0 Å². The Bertz CT molecular complexity index is 492. The molecule has 0 aliphatic rings. The molecule has 0 amide bonds. The molecule has 0 heterocycles. The predicted molar refractivity (Wildman–Crippen MR) is 75.0 cm³/mol. The molecular weight excluding hydrogens is 251 g/mol. The Morgan fingerprint density at radius 1 is 0.882 bits per heavy atom. The fourth-order valence-electron chi connectivity index (χ4n) is 2.08. The third-order valence-corrected chi connectivity index (χ3v) is 3.70. The van der Waals surface area contributed by atoms with Crippen LogP contribution in [0, 0.1) is 0 Å². The van der Waals surface area contributed by atoms with Crippen LogP contribution in [-0.4, -0.2) is 0 Å². The van der Waals surface area contributed by atoms with Gasteiger partial charge in [-0.3, -0.25) is 0 Å². The summed E-state index contributed by atoms with van der Waals surface area (Å²) in [5.74, 6) is 0.381. The highest BCUT2D eigenvalue weighted by molar-refractivity contribution is 6.42. The molecule has 0 radical (unpaired) electrons. The van der Waals surface area contributed by atoms with Gasteiger partial charge in [-0.1, -0.05) is 66.5 Å². The first-order valence-corrected chi connectivity index (χ1v) is 6.48. The Morgan fingerprint density at radius 3 is 2.18 bits per heavy atom. The van der Waals surface area contributed by atoms with Gasteiger partial charge in [-0.05, 0) is 29.7 Å². The van der Waals surface area contributed by atoms with E-state index in [9.17, 15) is 0 Å². The molecule has 0 saturated heterocycles. The van der Waals surface area contributed by atoms with E-state index in [1.165, 1.54) is 11.1 Å². The van der Waals surface area contributed by atoms with Gasteiger partial charge in [0.05, 0.1) is 10.0 Å². The highest BCUT2D eigenvalue weighted by Crippen LogP contribution is 2.32. The Balaban J connectivity index is 2.39. The van der Waals surface area contributed by atoms with E-state index in [4.69, 9.17) is 23.2 Å². The van der Waals surface area contributed by atoms with Crippen LogP contribution in [0.3, 0.4) is 0 Å². The molecule has 0 aliphatic carbocycles. The molecule has 0 nitrogen and oxygen atoms in total. The van der Waals surface area contributed by atoms with Crippen molar-refractivity contribution >= 4 is 23.2 Å². The van der Waals surface area contributed by atoms with Crippen molar-refractivity contribution in [1.29, 1.82) is 0 Å². The fourth-order valence-corrected chi connectivity index (χ4v) is 2.38. The molecule has 2 heteroatoms. The minimum Gasteiger partial charge on any atom is -0.0827 e. The summed E-state index contributed by atoms with van der Waals surface area (Å²) in [5, 5.41) is 1.23. The SMILES string of the molecule is CC[C@H](c1ccccc1)c1ccc(Cl)c(Cl)c1. The third-order valence-electron chi connectivity index (χ3n) is 2.96. The smallest absolute Gasteiger partial charge is 0.0595 e. The maximum absolute atomic E-state index is 6.07. The minimum atomic E-state index is 0.381. The average Bonchev–Trinajstić information content (AvgIpc) is 2.36. The van der Waals surface area contributed by atoms with Crippen molar-refractivity contribution in [3.8, 4) is 0 Å². The molecule has 0 aliphatic heterocycles. The van der Waals surface area contributed by atoms with Crippen molar-refractivity contribution < 1.29 is 0 Å². The van der Waals surface area contributed by atoms with Gasteiger partial charge < -0.3 is 0 Å². The van der Waals surface area contributed by atoms with E-state index >= 15 is 0 Å². The van der Waals surface area contributed by atoms with Gasteiger partial charge in [-0.15, -0.1) is 0 Å². The molecule has 0 N–H and O–H groups in total. The van der Waals surface area contributed by atoms with E-state index in [0.29, 0.717) is 16.0 Å². The molecule has 0 aromatic heterocycles. The van der Waals surface area contributed by atoms with E-state index in [-0.39, 0.29) is 0 Å². The van der Waals surface area contributed by atoms with Crippen LogP contribution >= 0.6 is 23.2 Å². The highest BCUT2D eigenvalue weighted by Gasteiger charge is 2.12. The Morgan fingerprint density at radius 2 is 1.59 bits per heavy atom. The highest BCUT2D eigenvalue weighted by atomic mass is 35.5. The zero-order valence-corrected chi connectivity index (χ0v) is 11.2. The minimum absolute atomic E-state index is 0.381. The van der Waals surface area contributed by atoms with Gasteiger partial charge in [0.15, 0.2) is 0 Å². The summed E-state index contributed by atoms with van der Waals surface area (Å²) >= 11 is 12.0. The average molecular weight is 265 g/mol. The molecule has 0 bridgehead atoms. The van der Waals surface area contributed by atoms with Crippen LogP contribution < -0.4 is 0 Å². The Kier molecular flexibility index (Phi) is 4.09. The molecule has 1 atom stereocenters. The van der Waals surface area contributed by atoms with Crippen molar-refractivity contribution in [3.63, 3.8) is 0 Å². The first-order valence-electron chi connectivity index (χ1n) is 5.72. The lowest BCUT2D eigenvalue weighted by Gasteiger charge is -2.16. The topological polar surface area (TPSA) is 0 Å². The fraction of sp³-hybridized carbons (Fsp3) is 0.200. The first-order chi connectivity index (χ1) is 8.22. The third kappa shape index (κ3) is 2.83. The quantitative estimate of drug-likeness (QED) is 0.683. The molecule has 0 spiro atoms. The van der Waals surface area contributed by atoms with E-state index in [1.54, 1.807) is 0 Å². The lowest BCUT2D eigenvalue weighted by Crippen LogP contribution is -1.99. The molecule has 2 aromatic rings. The van der Waals surface area contributed by atoms with Gasteiger partial charge in [0, 0.05) is 5.92 Å². The molecule has 0 unspecified atom stereocenters. The van der Waals surface area contributed by atoms with Gasteiger partial charge in [-0.2, -0.15) is 0 Å². The summed E-state index contributed by atoms with van der Waals surface area (Å²) in [6, 6.07) is 16.3. The van der Waals surface area contributed by atoms with E-state index in [1.807, 2.05) is 18.2 Å². The van der Waals surface area contributed by atoms with Crippen molar-refractivity contribution in [3.05, 3.63) is 69.7 Å². The van der Waals surface area contributed by atoms with Crippen LogP contribution in [-0.2, 0) is 0 Å². The van der Waals surface area contributed by atoms with Crippen molar-refractivity contribution in [1.82, 2.24) is 0 Å². The number of benzene rings is 2. The summed E-state index contributed by atoms with van der Waals surface area (Å²) in [6.07, 6.45) is 1.04. The lowest BCUT2D eigenvalue weighted by atomic mass is 9.89. The molecule has 17 heavy (non-hydrogen) atoms. The number of hydrogen-bond donors (Lipinski definition) is 0. The summed E-state index contributed by atoms with van der Waals surface area (Å²) in [4.78, 5) is 0. The zero-order valence-electron chi connectivity index (χ0n) is 9.66. The van der Waals surface area contributed by atoms with Crippen molar-refractivity contribution in [2.45, 2.75) is 19.3 Å². The molecular formula is C15H14Cl2. The van der Waals surface area contributed by atoms with Crippen LogP contribution in [0.15, 0.2) is 48.5 Å². The Labute approximate surface area is 112 Å². The monoisotopic (exact) mass is 264 g/mol. The zero-order chi connectivity index (χ0) is 12.3. The first kappa shape index (κ1) is 12.5. The lowest BCUT2D eigenvalue weighted by molar-refractivity contribution is 0.777. The van der Waals surface area contributed by atoms with E-state index in [0.717, 1.165) is 6.42 Å². The molecule has 88 valence electrons. The van der Waals surface area contributed by atoms with Gasteiger partial charge in [-0.25, -0.2) is 0 Å². The summed E-state index contributed by atoms with van der Waals surface area (Å²) in [7, 11) is 0. The van der Waals surface area contributed by atoms with Gasteiger partial charge in [0.25, 0.3) is 0 Å². The predicted octanol–water partition coefficient (Wildman–Crippen LogP) is 5.54. The van der Waals surface area contributed by atoms with Crippen LogP contribution in [0.4, 0.5) is 0 Å². The molecule has 2 aromatic carbocycles. The second-order valence-corrected chi connectivity index (χ2v) is 4.86. The van der Waals surface area contributed by atoms with E-state index in [2.05, 4.69) is 37.3 Å². The number of hydrogen-bond acceptors (Lipinski definition) is 0. The second-order valence-electron chi connectivity index (χ2n) is 4.05. The number of rotatable bonds is 3. The van der Waals surface area contributed by atoms with E-state index < -0.39 is 0 Å². The van der Waals surface area contributed by atoms with Crippen LogP contribution in [0.5, 0.6) is 0 Å². The number of halogens is 2. The Hall–Kier alpha value is -0.980. The van der Waals surface area contributed by atoms with Gasteiger partial charge in [0.2, 0.25) is 0 Å². The summed E-state index contributed by atoms with van der Waals surface area (Å²) < 4.78 is 0. The molecule has 0 saturated carbocycles. The summed E-state index contributed by atoms with van der Waals surface area (Å²) in [5.41, 5.74) is 2.53. The van der Waals surface area contributed by atoms with Crippen LogP contribution in [0.25, 0.3) is 0 Å². The second kappa shape index (κ2) is 5.57. The normalized spacial score (nSPS) is 12.4.